The van der Waals surface area contributed by atoms with Gasteiger partial charge in [-0.05, 0) is 26.0 Å². The Morgan fingerprint density at radius 2 is 2.00 bits per heavy atom. The summed E-state index contributed by atoms with van der Waals surface area (Å²) in [5, 5.41) is 0.146. The summed E-state index contributed by atoms with van der Waals surface area (Å²) in [5.74, 6) is 0.315. The molecule has 0 aromatic heterocycles. The van der Waals surface area contributed by atoms with Crippen LogP contribution in [0.2, 0.25) is 0 Å². The van der Waals surface area contributed by atoms with Crippen LogP contribution in [0.25, 0.3) is 0 Å². The molecule has 11 heavy (non-hydrogen) atoms. The monoisotopic (exact) mass is 173 g/mol. The highest BCUT2D eigenvalue weighted by Crippen LogP contribution is 2.14. The van der Waals surface area contributed by atoms with E-state index in [1.165, 1.54) is 12.8 Å². The van der Waals surface area contributed by atoms with Crippen molar-refractivity contribution in [2.45, 2.75) is 25.0 Å². The predicted octanol–water partition coefficient (Wildman–Crippen LogP) is 1.36. The molecular weight excluding hydrogens is 158 g/mol. The Morgan fingerprint density at radius 1 is 1.45 bits per heavy atom. The van der Waals surface area contributed by atoms with Gasteiger partial charge in [-0.3, -0.25) is 4.79 Å². The molecule has 0 aromatic carbocycles. The first-order valence-electron chi connectivity index (χ1n) is 4.07. The first-order valence-corrected chi connectivity index (χ1v) is 5.36. The Morgan fingerprint density at radius 3 is 2.45 bits per heavy atom. The highest BCUT2D eigenvalue weighted by atomic mass is 32.2. The maximum absolute atomic E-state index is 11.5. The van der Waals surface area contributed by atoms with Crippen molar-refractivity contribution >= 4 is 17.7 Å². The molecule has 1 aliphatic heterocycles. The van der Waals surface area contributed by atoms with Gasteiger partial charge in [0.2, 0.25) is 5.91 Å². The molecule has 0 aromatic rings. The van der Waals surface area contributed by atoms with E-state index in [-0.39, 0.29) is 5.25 Å². The summed E-state index contributed by atoms with van der Waals surface area (Å²) in [5.41, 5.74) is 0. The summed E-state index contributed by atoms with van der Waals surface area (Å²) in [6.07, 6.45) is 4.36. The second-order valence-corrected chi connectivity index (χ2v) is 4.09. The van der Waals surface area contributed by atoms with Crippen molar-refractivity contribution in [1.82, 2.24) is 4.90 Å². The zero-order valence-corrected chi connectivity index (χ0v) is 7.99. The van der Waals surface area contributed by atoms with Crippen LogP contribution in [0.5, 0.6) is 0 Å². The summed E-state index contributed by atoms with van der Waals surface area (Å²) in [7, 11) is 0. The lowest BCUT2D eigenvalue weighted by Crippen LogP contribution is -2.33. The van der Waals surface area contributed by atoms with E-state index in [1.54, 1.807) is 11.8 Å². The molecular formula is C8H15NOS. The number of thioether (sulfide) groups is 1. The van der Waals surface area contributed by atoms with E-state index in [0.717, 1.165) is 13.1 Å². The van der Waals surface area contributed by atoms with Gasteiger partial charge in [-0.25, -0.2) is 0 Å². The molecule has 1 saturated heterocycles. The van der Waals surface area contributed by atoms with Gasteiger partial charge in [-0.15, -0.1) is 0 Å². The summed E-state index contributed by atoms with van der Waals surface area (Å²) >= 11 is 1.63. The van der Waals surface area contributed by atoms with Crippen LogP contribution in [0.1, 0.15) is 19.8 Å². The Bertz CT molecular complexity index is 143. The van der Waals surface area contributed by atoms with Crippen molar-refractivity contribution in [3.05, 3.63) is 0 Å². The van der Waals surface area contributed by atoms with E-state index in [4.69, 9.17) is 0 Å². The number of hydrogen-bond donors (Lipinski definition) is 0. The lowest BCUT2D eigenvalue weighted by atomic mass is 10.4. The van der Waals surface area contributed by atoms with Crippen molar-refractivity contribution in [2.75, 3.05) is 19.3 Å². The molecule has 1 amide bonds. The molecule has 1 atom stereocenters. The standard InChI is InChI=1S/C8H15NOS/c1-7(11-2)8(10)9-5-3-4-6-9/h7H,3-6H2,1-2H3. The fraction of sp³-hybridized carbons (Fsp3) is 0.875. The maximum Gasteiger partial charge on any atom is 0.235 e. The first kappa shape index (κ1) is 8.91. The molecule has 3 heteroatoms. The lowest BCUT2D eigenvalue weighted by molar-refractivity contribution is -0.129. The SMILES string of the molecule is CSC(C)C(=O)N1CCCC1. The van der Waals surface area contributed by atoms with Gasteiger partial charge in [0.1, 0.15) is 0 Å². The molecule has 0 radical (unpaired) electrons. The molecule has 1 unspecified atom stereocenters. The number of carbonyl (C=O) groups is 1. The number of carbonyl (C=O) groups excluding carboxylic acids is 1. The van der Waals surface area contributed by atoms with Crippen molar-refractivity contribution in [2.24, 2.45) is 0 Å². The van der Waals surface area contributed by atoms with Crippen LogP contribution in [-0.2, 0) is 4.79 Å². The van der Waals surface area contributed by atoms with Crippen LogP contribution in [0, 0.1) is 0 Å². The normalized spacial score (nSPS) is 20.4. The van der Waals surface area contributed by atoms with Gasteiger partial charge in [0.25, 0.3) is 0 Å². The van der Waals surface area contributed by atoms with Crippen molar-refractivity contribution < 1.29 is 4.79 Å². The number of hydrogen-bond acceptors (Lipinski definition) is 2. The third kappa shape index (κ3) is 2.12. The van der Waals surface area contributed by atoms with Gasteiger partial charge in [0.15, 0.2) is 0 Å². The van der Waals surface area contributed by atoms with Crippen LogP contribution < -0.4 is 0 Å². The number of amides is 1. The molecule has 64 valence electrons. The van der Waals surface area contributed by atoms with Gasteiger partial charge < -0.3 is 4.90 Å². The van der Waals surface area contributed by atoms with E-state index in [9.17, 15) is 4.79 Å². The smallest absolute Gasteiger partial charge is 0.235 e. The average molecular weight is 173 g/mol. The molecule has 1 fully saturated rings. The average Bonchev–Trinajstić information content (AvgIpc) is 2.53. The van der Waals surface area contributed by atoms with Crippen molar-refractivity contribution in [3.63, 3.8) is 0 Å². The predicted molar refractivity (Wildman–Crippen MR) is 48.8 cm³/mol. The highest BCUT2D eigenvalue weighted by Gasteiger charge is 2.21. The first-order chi connectivity index (χ1) is 5.25. The summed E-state index contributed by atoms with van der Waals surface area (Å²) < 4.78 is 0. The summed E-state index contributed by atoms with van der Waals surface area (Å²) in [6.45, 7) is 3.93. The zero-order chi connectivity index (χ0) is 8.27. The third-order valence-corrected chi connectivity index (χ3v) is 3.03. The maximum atomic E-state index is 11.5. The zero-order valence-electron chi connectivity index (χ0n) is 7.17. The van der Waals surface area contributed by atoms with Crippen LogP contribution in [0.4, 0.5) is 0 Å². The second-order valence-electron chi connectivity index (χ2n) is 2.91. The van der Waals surface area contributed by atoms with Crippen molar-refractivity contribution in [1.29, 1.82) is 0 Å². The van der Waals surface area contributed by atoms with E-state index in [0.29, 0.717) is 5.91 Å². The van der Waals surface area contributed by atoms with E-state index in [2.05, 4.69) is 0 Å². The molecule has 1 heterocycles. The molecule has 0 saturated carbocycles. The second kappa shape index (κ2) is 4.00. The molecule has 0 spiro atoms. The minimum absolute atomic E-state index is 0.146. The highest BCUT2D eigenvalue weighted by molar-refractivity contribution is 7.99. The Kier molecular flexibility index (Phi) is 3.24. The molecule has 0 bridgehead atoms. The fourth-order valence-corrected chi connectivity index (χ4v) is 1.65. The minimum atomic E-state index is 0.146. The number of likely N-dealkylation sites (tertiary alicyclic amines) is 1. The van der Waals surface area contributed by atoms with E-state index in [1.807, 2.05) is 18.1 Å². The van der Waals surface area contributed by atoms with E-state index < -0.39 is 0 Å². The van der Waals surface area contributed by atoms with Crippen LogP contribution in [0.15, 0.2) is 0 Å². The summed E-state index contributed by atoms with van der Waals surface area (Å²) in [6, 6.07) is 0. The van der Waals surface area contributed by atoms with Gasteiger partial charge in [-0.2, -0.15) is 11.8 Å². The van der Waals surface area contributed by atoms with Crippen LogP contribution >= 0.6 is 11.8 Å². The largest absolute Gasteiger partial charge is 0.342 e. The van der Waals surface area contributed by atoms with Crippen molar-refractivity contribution in [3.8, 4) is 0 Å². The van der Waals surface area contributed by atoms with Crippen LogP contribution in [-0.4, -0.2) is 35.4 Å². The quantitative estimate of drug-likeness (QED) is 0.628. The lowest BCUT2D eigenvalue weighted by Gasteiger charge is -2.18. The minimum Gasteiger partial charge on any atom is -0.342 e. The van der Waals surface area contributed by atoms with Gasteiger partial charge in [0, 0.05) is 13.1 Å². The fourth-order valence-electron chi connectivity index (χ4n) is 1.30. The summed E-state index contributed by atoms with van der Waals surface area (Å²) in [4.78, 5) is 13.5. The Hall–Kier alpha value is -0.180. The topological polar surface area (TPSA) is 20.3 Å². The molecule has 2 nitrogen and oxygen atoms in total. The van der Waals surface area contributed by atoms with Gasteiger partial charge in [0.05, 0.1) is 5.25 Å². The molecule has 1 rings (SSSR count). The van der Waals surface area contributed by atoms with Gasteiger partial charge in [-0.1, -0.05) is 0 Å². The third-order valence-electron chi connectivity index (χ3n) is 2.12. The molecule has 0 aliphatic carbocycles. The molecule has 1 aliphatic rings. The van der Waals surface area contributed by atoms with Crippen LogP contribution in [0.3, 0.4) is 0 Å². The Labute approximate surface area is 72.3 Å². The number of nitrogens with zero attached hydrogens (tertiary/aromatic N) is 1. The number of rotatable bonds is 2. The van der Waals surface area contributed by atoms with Gasteiger partial charge >= 0.3 is 0 Å². The molecule has 0 N–H and O–H groups in total. The Balaban J connectivity index is 2.39. The van der Waals surface area contributed by atoms with E-state index >= 15 is 0 Å².